The van der Waals surface area contributed by atoms with Crippen molar-refractivity contribution in [2.45, 2.75) is 40.3 Å². The minimum absolute atomic E-state index is 0.0765. The fourth-order valence-electron chi connectivity index (χ4n) is 2.48. The number of esters is 1. The lowest BCUT2D eigenvalue weighted by Gasteiger charge is -2.42. The topological polar surface area (TPSA) is 89.9 Å². The van der Waals surface area contributed by atoms with Crippen molar-refractivity contribution < 1.29 is 31.7 Å². The molecule has 0 spiro atoms. The van der Waals surface area contributed by atoms with Gasteiger partial charge in [0.05, 0.1) is 32.0 Å². The highest BCUT2D eigenvalue weighted by Gasteiger charge is 2.35. The lowest BCUT2D eigenvalue weighted by molar-refractivity contribution is -0.969. The van der Waals surface area contributed by atoms with Gasteiger partial charge in [0.1, 0.15) is 0 Å². The average molecular weight is 352 g/mol. The third-order valence-electron chi connectivity index (χ3n) is 3.94. The van der Waals surface area contributed by atoms with Crippen molar-refractivity contribution in [1.82, 2.24) is 0 Å². The van der Waals surface area contributed by atoms with Crippen LogP contribution in [0.2, 0.25) is 0 Å². The second-order valence-electron chi connectivity index (χ2n) is 5.50. The van der Waals surface area contributed by atoms with Gasteiger partial charge in [-0.3, -0.25) is 9.04 Å². The first kappa shape index (κ1) is 22.0. The Hall–Kier alpha value is -0.960. The van der Waals surface area contributed by atoms with E-state index in [9.17, 15) is 13.2 Å². The summed E-state index contributed by atoms with van der Waals surface area (Å²) in [4.78, 5) is 11.6. The fourth-order valence-corrected chi connectivity index (χ4v) is 2.97. The van der Waals surface area contributed by atoms with Crippen molar-refractivity contribution >= 4 is 16.1 Å². The molecule has 0 aliphatic heterocycles. The SMILES string of the molecule is C=C(C)C(=O)OCC(OCC)[N+](CC)(CC)CCCS(=O)(=O)O. The molecule has 0 saturated carbocycles. The molecule has 0 heterocycles. The minimum atomic E-state index is -3.99. The van der Waals surface area contributed by atoms with Crippen LogP contribution in [-0.2, 0) is 24.4 Å². The van der Waals surface area contributed by atoms with Gasteiger partial charge in [0.2, 0.25) is 6.23 Å². The Morgan fingerprint density at radius 1 is 1.26 bits per heavy atom. The van der Waals surface area contributed by atoms with E-state index in [0.29, 0.717) is 42.7 Å². The third kappa shape index (κ3) is 7.92. The van der Waals surface area contributed by atoms with Crippen molar-refractivity contribution in [3.05, 3.63) is 12.2 Å². The number of quaternary nitrogens is 1. The van der Waals surface area contributed by atoms with E-state index in [2.05, 4.69) is 6.58 Å². The number of ether oxygens (including phenoxy) is 2. The lowest BCUT2D eigenvalue weighted by atomic mass is 10.2. The van der Waals surface area contributed by atoms with Gasteiger partial charge in [-0.2, -0.15) is 8.42 Å². The predicted molar refractivity (Wildman–Crippen MR) is 88.4 cm³/mol. The Bertz CT molecular complexity index is 484. The summed E-state index contributed by atoms with van der Waals surface area (Å²) in [5.41, 5.74) is 0.317. The summed E-state index contributed by atoms with van der Waals surface area (Å²) in [6.07, 6.45) is -0.0851. The van der Waals surface area contributed by atoms with E-state index in [0.717, 1.165) is 0 Å². The van der Waals surface area contributed by atoms with Crippen LogP contribution in [0.3, 0.4) is 0 Å². The number of hydrogen-bond donors (Lipinski definition) is 1. The molecule has 1 atom stereocenters. The molecular weight excluding hydrogens is 322 g/mol. The normalized spacial score (nSPS) is 13.6. The molecule has 23 heavy (non-hydrogen) atoms. The summed E-state index contributed by atoms with van der Waals surface area (Å²) in [6.45, 7) is 13.3. The molecule has 0 aromatic rings. The van der Waals surface area contributed by atoms with Gasteiger partial charge in [0, 0.05) is 12.0 Å². The summed E-state index contributed by atoms with van der Waals surface area (Å²) in [5.74, 6) is -0.768. The van der Waals surface area contributed by atoms with Crippen LogP contribution >= 0.6 is 0 Å². The van der Waals surface area contributed by atoms with E-state index >= 15 is 0 Å². The van der Waals surface area contributed by atoms with Gasteiger partial charge in [-0.1, -0.05) is 6.58 Å². The van der Waals surface area contributed by atoms with E-state index in [4.69, 9.17) is 14.0 Å². The second-order valence-corrected chi connectivity index (χ2v) is 7.08. The quantitative estimate of drug-likeness (QED) is 0.189. The molecule has 0 aromatic carbocycles. The molecular formula is C15H30NO6S+. The van der Waals surface area contributed by atoms with Gasteiger partial charge in [-0.15, -0.1) is 0 Å². The van der Waals surface area contributed by atoms with Crippen LogP contribution in [0.4, 0.5) is 0 Å². The number of hydrogen-bond acceptors (Lipinski definition) is 5. The van der Waals surface area contributed by atoms with Gasteiger partial charge < -0.3 is 9.47 Å². The zero-order valence-electron chi connectivity index (χ0n) is 14.6. The van der Waals surface area contributed by atoms with Crippen molar-refractivity contribution in [3.63, 3.8) is 0 Å². The van der Waals surface area contributed by atoms with Gasteiger partial charge in [-0.05, 0) is 27.7 Å². The van der Waals surface area contributed by atoms with E-state index in [-0.39, 0.29) is 18.6 Å². The molecule has 1 N–H and O–H groups in total. The number of carbonyl (C=O) groups excluding carboxylic acids is 1. The molecule has 0 rings (SSSR count). The molecule has 0 bridgehead atoms. The summed E-state index contributed by atoms with van der Waals surface area (Å²) < 4.78 is 42.2. The first-order chi connectivity index (χ1) is 10.6. The van der Waals surface area contributed by atoms with Crippen molar-refractivity contribution in [2.24, 2.45) is 0 Å². The van der Waals surface area contributed by atoms with E-state index in [1.165, 1.54) is 0 Å². The Morgan fingerprint density at radius 3 is 2.22 bits per heavy atom. The average Bonchev–Trinajstić information content (AvgIpc) is 2.47. The van der Waals surface area contributed by atoms with Crippen LogP contribution in [0, 0.1) is 0 Å². The minimum Gasteiger partial charge on any atom is -0.453 e. The first-order valence-corrected chi connectivity index (χ1v) is 9.48. The Labute approximate surface area is 139 Å². The van der Waals surface area contributed by atoms with Gasteiger partial charge >= 0.3 is 5.97 Å². The lowest BCUT2D eigenvalue weighted by Crippen LogP contribution is -2.59. The maximum atomic E-state index is 11.6. The molecule has 0 aromatic heterocycles. The molecule has 0 radical (unpaired) electrons. The monoisotopic (exact) mass is 352 g/mol. The highest BCUT2D eigenvalue weighted by molar-refractivity contribution is 7.85. The Balaban J connectivity index is 5.04. The van der Waals surface area contributed by atoms with Gasteiger partial charge in [-0.25, -0.2) is 4.79 Å². The largest absolute Gasteiger partial charge is 0.453 e. The Morgan fingerprint density at radius 2 is 1.83 bits per heavy atom. The van der Waals surface area contributed by atoms with Crippen molar-refractivity contribution in [1.29, 1.82) is 0 Å². The van der Waals surface area contributed by atoms with Crippen LogP contribution in [0.25, 0.3) is 0 Å². The van der Waals surface area contributed by atoms with Crippen LogP contribution in [0.5, 0.6) is 0 Å². The van der Waals surface area contributed by atoms with Crippen LogP contribution in [-0.4, -0.2) is 68.3 Å². The number of rotatable bonds is 12. The first-order valence-electron chi connectivity index (χ1n) is 7.87. The number of likely N-dealkylation sites (N-methyl/N-ethyl adjacent to an activating group) is 1. The predicted octanol–water partition coefficient (Wildman–Crippen LogP) is 1.60. The molecule has 1 unspecified atom stereocenters. The molecule has 0 amide bonds. The highest BCUT2D eigenvalue weighted by atomic mass is 32.2. The summed E-state index contributed by atoms with van der Waals surface area (Å²) in [6, 6.07) is 0. The number of nitrogens with zero attached hydrogens (tertiary/aromatic N) is 1. The smallest absolute Gasteiger partial charge is 0.333 e. The van der Waals surface area contributed by atoms with E-state index in [1.807, 2.05) is 20.8 Å². The molecule has 7 nitrogen and oxygen atoms in total. The van der Waals surface area contributed by atoms with E-state index in [1.54, 1.807) is 6.92 Å². The second kappa shape index (κ2) is 10.0. The molecule has 0 fully saturated rings. The number of carbonyl (C=O) groups is 1. The van der Waals surface area contributed by atoms with Crippen molar-refractivity contribution in [3.8, 4) is 0 Å². The molecule has 136 valence electrons. The maximum absolute atomic E-state index is 11.6. The zero-order valence-corrected chi connectivity index (χ0v) is 15.4. The molecule has 8 heteroatoms. The van der Waals surface area contributed by atoms with Crippen molar-refractivity contribution in [2.75, 3.05) is 38.6 Å². The van der Waals surface area contributed by atoms with Crippen LogP contribution in [0.15, 0.2) is 12.2 Å². The standard InChI is InChI=1S/C15H29NO6S/c1-6-16(7-2,10-9-11-23(18,19)20)14(21-8-3)12-22-15(17)13(4)5/h14H,4,6-12H2,1-3,5H3/p+1. The third-order valence-corrected chi connectivity index (χ3v) is 4.75. The van der Waals surface area contributed by atoms with Crippen LogP contribution in [0.1, 0.15) is 34.1 Å². The van der Waals surface area contributed by atoms with E-state index < -0.39 is 16.1 Å². The Kier molecular flexibility index (Phi) is 9.60. The summed E-state index contributed by atoms with van der Waals surface area (Å²) in [5, 5.41) is 0. The molecule has 0 aliphatic carbocycles. The fraction of sp³-hybridized carbons (Fsp3) is 0.800. The molecule has 0 aliphatic rings. The summed E-state index contributed by atoms with van der Waals surface area (Å²) in [7, 11) is -3.99. The van der Waals surface area contributed by atoms with Crippen LogP contribution < -0.4 is 0 Å². The maximum Gasteiger partial charge on any atom is 0.333 e. The highest BCUT2D eigenvalue weighted by Crippen LogP contribution is 2.18. The zero-order chi connectivity index (χ0) is 18.1. The van der Waals surface area contributed by atoms with Gasteiger partial charge in [0.25, 0.3) is 10.1 Å². The molecule has 0 saturated heterocycles. The summed E-state index contributed by atoms with van der Waals surface area (Å²) >= 11 is 0. The van der Waals surface area contributed by atoms with Gasteiger partial charge in [0.15, 0.2) is 6.61 Å².